The van der Waals surface area contributed by atoms with Crippen LogP contribution in [0.5, 0.6) is 0 Å². The number of aromatic nitrogens is 1. The molecule has 5 nitrogen and oxygen atoms in total. The van der Waals surface area contributed by atoms with Crippen LogP contribution in [-0.4, -0.2) is 32.6 Å². The van der Waals surface area contributed by atoms with E-state index in [4.69, 9.17) is 4.74 Å². The third-order valence-corrected chi connectivity index (χ3v) is 2.43. The molecule has 0 bridgehead atoms. The maximum Gasteiger partial charge on any atom is 0.258 e. The fourth-order valence-corrected chi connectivity index (χ4v) is 1.60. The Morgan fingerprint density at radius 2 is 2.20 bits per heavy atom. The molecule has 1 aliphatic heterocycles. The Balaban J connectivity index is 2.23. The first-order valence-electron chi connectivity index (χ1n) is 4.82. The van der Waals surface area contributed by atoms with Crippen molar-refractivity contribution < 1.29 is 14.3 Å². The molecule has 1 saturated heterocycles. The smallest absolute Gasteiger partial charge is 0.258 e. The van der Waals surface area contributed by atoms with Crippen molar-refractivity contribution >= 4 is 12.0 Å². The summed E-state index contributed by atoms with van der Waals surface area (Å²) in [7, 11) is 0. The van der Waals surface area contributed by atoms with E-state index in [0.717, 1.165) is 18.8 Å². The van der Waals surface area contributed by atoms with Crippen LogP contribution in [0, 0.1) is 5.21 Å². The molecule has 5 heteroatoms. The molecule has 1 aromatic rings. The fourth-order valence-electron chi connectivity index (χ4n) is 1.60. The molecule has 0 aromatic carbocycles. The number of carbonyl (C=O) groups is 1. The lowest BCUT2D eigenvalue weighted by Gasteiger charge is -2.28. The molecule has 1 fully saturated rings. The van der Waals surface area contributed by atoms with Gasteiger partial charge < -0.3 is 14.8 Å². The largest absolute Gasteiger partial charge is 0.618 e. The average molecular weight is 208 g/mol. The van der Waals surface area contributed by atoms with Crippen molar-refractivity contribution in [2.75, 3.05) is 31.2 Å². The predicted molar refractivity (Wildman–Crippen MR) is 53.8 cm³/mol. The highest BCUT2D eigenvalue weighted by atomic mass is 16.5. The highest BCUT2D eigenvalue weighted by Crippen LogP contribution is 2.14. The summed E-state index contributed by atoms with van der Waals surface area (Å²) < 4.78 is 5.79. The number of hydrogen-bond donors (Lipinski definition) is 0. The maximum atomic E-state index is 11.1. The first kappa shape index (κ1) is 9.92. The number of pyridine rings is 1. The summed E-state index contributed by atoms with van der Waals surface area (Å²) in [5.41, 5.74) is 1.03. The van der Waals surface area contributed by atoms with Crippen molar-refractivity contribution in [3.63, 3.8) is 0 Å². The molecule has 2 heterocycles. The number of anilines is 1. The normalized spacial score (nSPS) is 16.4. The van der Waals surface area contributed by atoms with E-state index in [-0.39, 0.29) is 5.69 Å². The molecule has 0 spiro atoms. The molecule has 0 unspecified atom stereocenters. The molecule has 0 radical (unpaired) electrons. The summed E-state index contributed by atoms with van der Waals surface area (Å²) in [6.45, 7) is 2.95. The minimum absolute atomic E-state index is 0.138. The Kier molecular flexibility index (Phi) is 2.82. The van der Waals surface area contributed by atoms with Crippen LogP contribution in [0.15, 0.2) is 18.3 Å². The van der Waals surface area contributed by atoms with E-state index < -0.39 is 0 Å². The van der Waals surface area contributed by atoms with Crippen molar-refractivity contribution in [2.24, 2.45) is 0 Å². The lowest BCUT2D eigenvalue weighted by molar-refractivity contribution is -0.606. The molecule has 15 heavy (non-hydrogen) atoms. The molecular formula is C10H12N2O3. The molecule has 0 N–H and O–H groups in total. The van der Waals surface area contributed by atoms with E-state index in [9.17, 15) is 10.0 Å². The molecule has 0 saturated carbocycles. The van der Waals surface area contributed by atoms with Gasteiger partial charge in [0.25, 0.3) is 5.69 Å². The van der Waals surface area contributed by atoms with E-state index in [1.54, 1.807) is 12.1 Å². The standard InChI is InChI=1S/C10H12N2O3/c13-8-10-7-9(1-2-12(10)14)11-3-5-15-6-4-11/h1-2,7-8H,3-6H2. The van der Waals surface area contributed by atoms with Crippen molar-refractivity contribution in [2.45, 2.75) is 0 Å². The number of aldehydes is 1. The molecule has 80 valence electrons. The minimum atomic E-state index is 0.138. The van der Waals surface area contributed by atoms with E-state index >= 15 is 0 Å². The number of rotatable bonds is 2. The molecule has 0 aliphatic carbocycles. The van der Waals surface area contributed by atoms with Crippen molar-refractivity contribution in [1.29, 1.82) is 0 Å². The second-order valence-electron chi connectivity index (χ2n) is 3.35. The van der Waals surface area contributed by atoms with E-state index in [0.29, 0.717) is 24.2 Å². The lowest BCUT2D eigenvalue weighted by atomic mass is 10.3. The summed E-state index contributed by atoms with van der Waals surface area (Å²) >= 11 is 0. The first-order valence-corrected chi connectivity index (χ1v) is 4.82. The van der Waals surface area contributed by atoms with Gasteiger partial charge in [0, 0.05) is 30.9 Å². The van der Waals surface area contributed by atoms with Crippen LogP contribution in [0.2, 0.25) is 0 Å². The third kappa shape index (κ3) is 2.07. The molecular weight excluding hydrogens is 196 g/mol. The van der Waals surface area contributed by atoms with Crippen molar-refractivity contribution in [1.82, 2.24) is 0 Å². The highest BCUT2D eigenvalue weighted by Gasteiger charge is 2.14. The first-order chi connectivity index (χ1) is 7.31. The average Bonchev–Trinajstić information content (AvgIpc) is 2.31. The summed E-state index contributed by atoms with van der Waals surface area (Å²) in [6, 6.07) is 3.32. The maximum absolute atomic E-state index is 11.1. The van der Waals surface area contributed by atoms with Crippen LogP contribution in [0.4, 0.5) is 5.69 Å². The number of morpholine rings is 1. The van der Waals surface area contributed by atoms with E-state index in [1.807, 2.05) is 0 Å². The Labute approximate surface area is 87.5 Å². The zero-order valence-corrected chi connectivity index (χ0v) is 8.26. The van der Waals surface area contributed by atoms with Crippen molar-refractivity contribution in [3.8, 4) is 0 Å². The summed E-state index contributed by atoms with van der Waals surface area (Å²) in [5.74, 6) is 0. The van der Waals surface area contributed by atoms with Gasteiger partial charge in [0.1, 0.15) is 0 Å². The quantitative estimate of drug-likeness (QED) is 0.389. The summed E-state index contributed by atoms with van der Waals surface area (Å²) in [5, 5.41) is 11.1. The highest BCUT2D eigenvalue weighted by molar-refractivity contribution is 5.72. The molecule has 1 aliphatic rings. The second kappa shape index (κ2) is 4.27. The van der Waals surface area contributed by atoms with Crippen LogP contribution < -0.4 is 9.63 Å². The van der Waals surface area contributed by atoms with Gasteiger partial charge in [-0.15, -0.1) is 0 Å². The van der Waals surface area contributed by atoms with Gasteiger partial charge in [-0.25, -0.2) is 0 Å². The van der Waals surface area contributed by atoms with Crippen LogP contribution in [0.1, 0.15) is 10.5 Å². The van der Waals surface area contributed by atoms with Gasteiger partial charge in [0.15, 0.2) is 6.20 Å². The minimum Gasteiger partial charge on any atom is -0.618 e. The third-order valence-electron chi connectivity index (χ3n) is 2.43. The monoisotopic (exact) mass is 208 g/mol. The van der Waals surface area contributed by atoms with Crippen LogP contribution in [0.25, 0.3) is 0 Å². The van der Waals surface area contributed by atoms with Crippen LogP contribution >= 0.6 is 0 Å². The van der Waals surface area contributed by atoms with Gasteiger partial charge in [-0.05, 0) is 0 Å². The van der Waals surface area contributed by atoms with Gasteiger partial charge in [-0.1, -0.05) is 0 Å². The Bertz CT molecular complexity index is 362. The lowest BCUT2D eigenvalue weighted by Crippen LogP contribution is -2.38. The number of ether oxygens (including phenoxy) is 1. The predicted octanol–water partition coefficient (Wildman–Crippen LogP) is -0.0309. The summed E-state index contributed by atoms with van der Waals surface area (Å²) in [6.07, 6.45) is 1.92. The summed E-state index contributed by atoms with van der Waals surface area (Å²) in [4.78, 5) is 12.7. The molecule has 2 rings (SSSR count). The number of hydrogen-bond acceptors (Lipinski definition) is 4. The van der Waals surface area contributed by atoms with Gasteiger partial charge in [0.2, 0.25) is 6.29 Å². The zero-order valence-electron chi connectivity index (χ0n) is 8.26. The van der Waals surface area contributed by atoms with E-state index in [2.05, 4.69) is 4.90 Å². The second-order valence-corrected chi connectivity index (χ2v) is 3.35. The van der Waals surface area contributed by atoms with Crippen LogP contribution in [0.3, 0.4) is 0 Å². The van der Waals surface area contributed by atoms with Crippen LogP contribution in [-0.2, 0) is 4.74 Å². The Morgan fingerprint density at radius 1 is 1.47 bits per heavy atom. The van der Waals surface area contributed by atoms with Gasteiger partial charge >= 0.3 is 0 Å². The number of nitrogens with zero attached hydrogens (tertiary/aromatic N) is 2. The Hall–Kier alpha value is -1.62. The van der Waals surface area contributed by atoms with E-state index in [1.165, 1.54) is 6.20 Å². The molecule has 1 aromatic heterocycles. The topological polar surface area (TPSA) is 56.5 Å². The molecule has 0 amide bonds. The zero-order chi connectivity index (χ0) is 10.7. The van der Waals surface area contributed by atoms with Gasteiger partial charge in [0.05, 0.1) is 13.2 Å². The molecule has 0 atom stereocenters. The Morgan fingerprint density at radius 3 is 2.87 bits per heavy atom. The van der Waals surface area contributed by atoms with Gasteiger partial charge in [-0.2, -0.15) is 4.73 Å². The van der Waals surface area contributed by atoms with Gasteiger partial charge in [-0.3, -0.25) is 4.79 Å². The van der Waals surface area contributed by atoms with Crippen molar-refractivity contribution in [3.05, 3.63) is 29.2 Å². The number of carbonyl (C=O) groups excluding carboxylic acids is 1. The fraction of sp³-hybridized carbons (Fsp3) is 0.400. The SMILES string of the molecule is O=Cc1cc(N2CCOCC2)cc[n+]1[O-].